The van der Waals surface area contributed by atoms with Crippen molar-refractivity contribution in [1.29, 1.82) is 0 Å². The van der Waals surface area contributed by atoms with E-state index in [1.165, 1.54) is 6.07 Å². The SMILES string of the molecule is O=C(CC(=O)Nc1ccc(Cl)c(Cl)c1)NCc1ccc(Cl)cc1. The number of carbonyl (C=O) groups is 2. The topological polar surface area (TPSA) is 58.2 Å². The second-order valence-corrected chi connectivity index (χ2v) is 6.01. The van der Waals surface area contributed by atoms with Gasteiger partial charge in [-0.25, -0.2) is 0 Å². The second kappa shape index (κ2) is 8.20. The summed E-state index contributed by atoms with van der Waals surface area (Å²) in [6.45, 7) is 0.329. The highest BCUT2D eigenvalue weighted by Crippen LogP contribution is 2.25. The molecule has 0 aromatic heterocycles. The zero-order valence-electron chi connectivity index (χ0n) is 11.9. The molecule has 0 aliphatic carbocycles. The van der Waals surface area contributed by atoms with Crippen molar-refractivity contribution in [2.24, 2.45) is 0 Å². The van der Waals surface area contributed by atoms with Crippen molar-refractivity contribution < 1.29 is 9.59 Å². The molecule has 0 aliphatic rings. The highest BCUT2D eigenvalue weighted by molar-refractivity contribution is 6.42. The summed E-state index contributed by atoms with van der Waals surface area (Å²) >= 11 is 17.4. The van der Waals surface area contributed by atoms with E-state index < -0.39 is 5.91 Å². The number of rotatable bonds is 5. The molecule has 2 amide bonds. The van der Waals surface area contributed by atoms with Gasteiger partial charge in [-0.05, 0) is 35.9 Å². The first-order valence-electron chi connectivity index (χ1n) is 6.70. The van der Waals surface area contributed by atoms with Crippen LogP contribution in [0.15, 0.2) is 42.5 Å². The number of carbonyl (C=O) groups excluding carboxylic acids is 2. The quantitative estimate of drug-likeness (QED) is 0.770. The van der Waals surface area contributed by atoms with Gasteiger partial charge in [-0.15, -0.1) is 0 Å². The van der Waals surface area contributed by atoms with Crippen LogP contribution in [0.1, 0.15) is 12.0 Å². The van der Waals surface area contributed by atoms with E-state index in [1.54, 1.807) is 36.4 Å². The van der Waals surface area contributed by atoms with Crippen molar-refractivity contribution >= 4 is 52.3 Å². The molecule has 4 nitrogen and oxygen atoms in total. The van der Waals surface area contributed by atoms with E-state index in [9.17, 15) is 9.59 Å². The minimum atomic E-state index is -0.433. The Morgan fingerprint density at radius 3 is 2.22 bits per heavy atom. The fourth-order valence-electron chi connectivity index (χ4n) is 1.79. The van der Waals surface area contributed by atoms with E-state index >= 15 is 0 Å². The molecule has 0 atom stereocenters. The lowest BCUT2D eigenvalue weighted by Gasteiger charge is -2.07. The average Bonchev–Trinajstić information content (AvgIpc) is 2.50. The van der Waals surface area contributed by atoms with Gasteiger partial charge in [0.05, 0.1) is 10.0 Å². The molecule has 0 unspecified atom stereocenters. The van der Waals surface area contributed by atoms with E-state index in [2.05, 4.69) is 10.6 Å². The molecule has 0 saturated carbocycles. The van der Waals surface area contributed by atoms with Gasteiger partial charge >= 0.3 is 0 Å². The molecule has 0 spiro atoms. The van der Waals surface area contributed by atoms with Crippen LogP contribution < -0.4 is 10.6 Å². The molecule has 120 valence electrons. The van der Waals surface area contributed by atoms with E-state index in [0.29, 0.717) is 27.3 Å². The van der Waals surface area contributed by atoms with Gasteiger partial charge in [0.15, 0.2) is 0 Å². The molecule has 2 N–H and O–H groups in total. The van der Waals surface area contributed by atoms with Gasteiger partial charge in [0.25, 0.3) is 0 Å². The Hall–Kier alpha value is -1.75. The summed E-state index contributed by atoms with van der Waals surface area (Å²) < 4.78 is 0. The lowest BCUT2D eigenvalue weighted by molar-refractivity contribution is -0.126. The average molecular weight is 372 g/mol. The summed E-state index contributed by atoms with van der Waals surface area (Å²) in [5, 5.41) is 6.60. The largest absolute Gasteiger partial charge is 0.352 e. The second-order valence-electron chi connectivity index (χ2n) is 4.76. The zero-order chi connectivity index (χ0) is 16.8. The van der Waals surface area contributed by atoms with Gasteiger partial charge in [0, 0.05) is 17.3 Å². The Bertz CT molecular complexity index is 718. The van der Waals surface area contributed by atoms with Gasteiger partial charge in [-0.1, -0.05) is 46.9 Å². The number of halogens is 3. The maximum Gasteiger partial charge on any atom is 0.233 e. The van der Waals surface area contributed by atoms with Crippen LogP contribution in [0.2, 0.25) is 15.1 Å². The van der Waals surface area contributed by atoms with Crippen LogP contribution in [0.3, 0.4) is 0 Å². The van der Waals surface area contributed by atoms with Crippen molar-refractivity contribution in [3.63, 3.8) is 0 Å². The van der Waals surface area contributed by atoms with E-state index in [0.717, 1.165) is 5.56 Å². The monoisotopic (exact) mass is 370 g/mol. The first kappa shape index (κ1) is 17.6. The molecule has 0 heterocycles. The predicted molar refractivity (Wildman–Crippen MR) is 93.0 cm³/mol. The number of anilines is 1. The number of benzene rings is 2. The van der Waals surface area contributed by atoms with Gasteiger partial charge < -0.3 is 10.6 Å². The minimum absolute atomic E-state index is 0.284. The van der Waals surface area contributed by atoms with Crippen LogP contribution in [0, 0.1) is 0 Å². The van der Waals surface area contributed by atoms with Crippen molar-refractivity contribution in [2.75, 3.05) is 5.32 Å². The summed E-state index contributed by atoms with van der Waals surface area (Å²) in [6, 6.07) is 11.8. The number of amides is 2. The van der Waals surface area contributed by atoms with Crippen LogP contribution in [0.25, 0.3) is 0 Å². The third kappa shape index (κ3) is 5.75. The fraction of sp³-hybridized carbons (Fsp3) is 0.125. The summed E-state index contributed by atoms with van der Waals surface area (Å²) in [5.74, 6) is -0.811. The van der Waals surface area contributed by atoms with E-state index in [4.69, 9.17) is 34.8 Å². The van der Waals surface area contributed by atoms with Crippen molar-refractivity contribution in [2.45, 2.75) is 13.0 Å². The third-order valence-corrected chi connectivity index (χ3v) is 3.92. The fourth-order valence-corrected chi connectivity index (χ4v) is 2.21. The maximum atomic E-state index is 11.8. The van der Waals surface area contributed by atoms with Gasteiger partial charge in [-0.3, -0.25) is 9.59 Å². The highest BCUT2D eigenvalue weighted by Gasteiger charge is 2.10. The Morgan fingerprint density at radius 1 is 0.870 bits per heavy atom. The number of hydrogen-bond donors (Lipinski definition) is 2. The van der Waals surface area contributed by atoms with Gasteiger partial charge in [-0.2, -0.15) is 0 Å². The standard InChI is InChI=1S/C16H13Cl3N2O2/c17-11-3-1-10(2-4-11)9-20-15(22)8-16(23)21-12-5-6-13(18)14(19)7-12/h1-7H,8-9H2,(H,20,22)(H,21,23). The lowest BCUT2D eigenvalue weighted by atomic mass is 10.2. The summed E-state index contributed by atoms with van der Waals surface area (Å²) in [7, 11) is 0. The van der Waals surface area contributed by atoms with Crippen molar-refractivity contribution in [3.8, 4) is 0 Å². The summed E-state index contributed by atoms with van der Waals surface area (Å²) in [4.78, 5) is 23.6. The Morgan fingerprint density at radius 2 is 1.57 bits per heavy atom. The van der Waals surface area contributed by atoms with Crippen LogP contribution >= 0.6 is 34.8 Å². The summed E-state index contributed by atoms with van der Waals surface area (Å²) in [6.07, 6.45) is -0.284. The summed E-state index contributed by atoms with van der Waals surface area (Å²) in [5.41, 5.74) is 1.38. The smallest absolute Gasteiger partial charge is 0.233 e. The molecule has 0 fully saturated rings. The van der Waals surface area contributed by atoms with Crippen LogP contribution in [0.5, 0.6) is 0 Å². The van der Waals surface area contributed by atoms with Gasteiger partial charge in [0.1, 0.15) is 6.42 Å². The van der Waals surface area contributed by atoms with Crippen molar-refractivity contribution in [3.05, 3.63) is 63.1 Å². The lowest BCUT2D eigenvalue weighted by Crippen LogP contribution is -2.27. The number of nitrogens with one attached hydrogen (secondary N) is 2. The molecule has 2 rings (SSSR count). The molecule has 2 aromatic rings. The molecule has 23 heavy (non-hydrogen) atoms. The van der Waals surface area contributed by atoms with Crippen LogP contribution in [0.4, 0.5) is 5.69 Å². The van der Waals surface area contributed by atoms with E-state index in [-0.39, 0.29) is 12.3 Å². The molecular formula is C16H13Cl3N2O2. The molecule has 0 bridgehead atoms. The Labute approximate surface area is 148 Å². The normalized spacial score (nSPS) is 10.2. The van der Waals surface area contributed by atoms with Crippen LogP contribution in [-0.4, -0.2) is 11.8 Å². The van der Waals surface area contributed by atoms with Crippen LogP contribution in [-0.2, 0) is 16.1 Å². The van der Waals surface area contributed by atoms with Gasteiger partial charge in [0.2, 0.25) is 11.8 Å². The highest BCUT2D eigenvalue weighted by atomic mass is 35.5. The molecular weight excluding hydrogens is 359 g/mol. The Balaban J connectivity index is 1.81. The predicted octanol–water partition coefficient (Wildman–Crippen LogP) is 4.29. The van der Waals surface area contributed by atoms with Crippen molar-refractivity contribution in [1.82, 2.24) is 5.32 Å². The first-order valence-corrected chi connectivity index (χ1v) is 7.83. The molecule has 0 radical (unpaired) electrons. The first-order chi connectivity index (χ1) is 10.9. The minimum Gasteiger partial charge on any atom is -0.352 e. The maximum absolute atomic E-state index is 11.8. The molecule has 0 saturated heterocycles. The Kier molecular flexibility index (Phi) is 6.28. The zero-order valence-corrected chi connectivity index (χ0v) is 14.2. The third-order valence-electron chi connectivity index (χ3n) is 2.93. The van der Waals surface area contributed by atoms with E-state index in [1.807, 2.05) is 0 Å². The molecule has 0 aliphatic heterocycles. The number of hydrogen-bond acceptors (Lipinski definition) is 2. The molecule has 2 aromatic carbocycles. The molecule has 7 heteroatoms.